The number of nitrogens with one attached hydrogen (secondary N) is 2. The summed E-state index contributed by atoms with van der Waals surface area (Å²) >= 11 is 3.65. The number of phosphoric acid groups is 3. The van der Waals surface area contributed by atoms with E-state index >= 15 is 0 Å². The van der Waals surface area contributed by atoms with Crippen molar-refractivity contribution in [3.05, 3.63) is 26.8 Å². The van der Waals surface area contributed by atoms with Crippen LogP contribution in [0.5, 0.6) is 0 Å². The van der Waals surface area contributed by atoms with Crippen molar-refractivity contribution in [3.8, 4) is 0 Å². The number of H-pyrrole nitrogens is 1. The predicted molar refractivity (Wildman–Crippen MR) is 163 cm³/mol. The molecule has 30 heteroatoms. The smallest absolute Gasteiger partial charge is 0.465 e. The lowest BCUT2D eigenvalue weighted by Gasteiger charge is -2.22. The fourth-order valence-corrected chi connectivity index (χ4v) is 9.45. The van der Waals surface area contributed by atoms with E-state index in [-0.39, 0.29) is 37.9 Å². The van der Waals surface area contributed by atoms with Crippen molar-refractivity contribution in [3.63, 3.8) is 0 Å². The number of methoxy groups -OCH3 is 1. The number of esters is 1. The van der Waals surface area contributed by atoms with Gasteiger partial charge in [0.25, 0.3) is 5.91 Å². The van der Waals surface area contributed by atoms with Crippen molar-refractivity contribution in [2.45, 2.75) is 36.6 Å². The molecule has 8 atom stereocenters. The van der Waals surface area contributed by atoms with E-state index in [0.717, 1.165) is 18.4 Å². The van der Waals surface area contributed by atoms with Crippen LogP contribution in [0.1, 0.15) is 21.5 Å². The molecule has 3 aromatic rings. The molecule has 0 bridgehead atoms. The number of anilines is 2. The van der Waals surface area contributed by atoms with Crippen molar-refractivity contribution >= 4 is 92.8 Å². The summed E-state index contributed by atoms with van der Waals surface area (Å²) in [5, 5.41) is 3.78. The van der Waals surface area contributed by atoms with E-state index in [1.165, 1.54) is 16.3 Å². The van der Waals surface area contributed by atoms with Gasteiger partial charge in [-0.25, -0.2) is 32.7 Å². The summed E-state index contributed by atoms with van der Waals surface area (Å²) in [5.74, 6) is -2.46. The van der Waals surface area contributed by atoms with E-state index in [4.69, 9.17) is 51.2 Å². The van der Waals surface area contributed by atoms with Crippen LogP contribution in [0.4, 0.5) is 11.6 Å². The van der Waals surface area contributed by atoms with E-state index in [9.17, 15) is 41.8 Å². The summed E-state index contributed by atoms with van der Waals surface area (Å²) < 4.78 is 91.8. The van der Waals surface area contributed by atoms with Crippen LogP contribution >= 0.6 is 47.0 Å². The number of carbonyl (C=O) groups is 2. The van der Waals surface area contributed by atoms with Crippen LogP contribution in [0.15, 0.2) is 11.7 Å². The van der Waals surface area contributed by atoms with Crippen LogP contribution in [0.25, 0.3) is 11.2 Å². The van der Waals surface area contributed by atoms with Crippen molar-refractivity contribution in [1.82, 2.24) is 19.5 Å². The van der Waals surface area contributed by atoms with Gasteiger partial charge in [-0.3, -0.25) is 13.9 Å². The van der Waals surface area contributed by atoms with E-state index < -0.39 is 89.6 Å². The topological polar surface area (TPSA) is 353 Å². The molecule has 0 radical (unpaired) electrons. The van der Waals surface area contributed by atoms with Crippen molar-refractivity contribution in [2.24, 2.45) is 0 Å². The highest BCUT2D eigenvalue weighted by atomic mass is 32.2. The first-order valence-electron chi connectivity index (χ1n) is 12.8. The third kappa shape index (κ3) is 8.74. The van der Waals surface area contributed by atoms with E-state index in [0.29, 0.717) is 0 Å². The molecule has 2 fully saturated rings. The molecule has 5 rings (SSSR count). The highest BCUT2D eigenvalue weighted by Gasteiger charge is 2.56. The Labute approximate surface area is 283 Å². The molecule has 3 aromatic heterocycles. The number of hydrogen-bond acceptors (Lipinski definition) is 18. The summed E-state index contributed by atoms with van der Waals surface area (Å²) in [4.78, 5) is 73.4. The van der Waals surface area contributed by atoms with Crippen LogP contribution in [0.3, 0.4) is 0 Å². The van der Waals surface area contributed by atoms with Gasteiger partial charge in [-0.15, -0.1) is 11.3 Å². The molecule has 49 heavy (non-hydrogen) atoms. The molecule has 8 unspecified atom stereocenters. The Morgan fingerprint density at radius 3 is 2.51 bits per heavy atom. The Bertz CT molecular complexity index is 2020. The van der Waals surface area contributed by atoms with Crippen molar-refractivity contribution in [2.75, 3.05) is 24.8 Å². The molecule has 2 aliphatic rings. The van der Waals surface area contributed by atoms with E-state index in [2.05, 4.69) is 28.9 Å². The molecule has 0 aliphatic carbocycles. The van der Waals surface area contributed by atoms with Gasteiger partial charge in [0.15, 0.2) is 27.9 Å². The maximum atomic E-state index is 13.4. The van der Waals surface area contributed by atoms with E-state index in [1.807, 2.05) is 0 Å². The molecular formula is C19H23N6O18P3S3. The number of aromatic nitrogens is 4. The Hall–Kier alpha value is -2.39. The number of imidazole rings is 1. The fourth-order valence-electron chi connectivity index (χ4n) is 4.63. The number of rotatable bonds is 13. The highest BCUT2D eigenvalue weighted by Crippen LogP contribution is 2.66. The lowest BCUT2D eigenvalue weighted by atomic mass is 10.1. The predicted octanol–water partition coefficient (Wildman–Crippen LogP) is 0.630. The van der Waals surface area contributed by atoms with Crippen LogP contribution in [0.2, 0.25) is 0 Å². The number of amides is 1. The van der Waals surface area contributed by atoms with E-state index in [1.54, 1.807) is 0 Å². The number of thiophene rings is 1. The molecule has 24 nitrogen and oxygen atoms in total. The van der Waals surface area contributed by atoms with Gasteiger partial charge >= 0.3 is 29.4 Å². The third-order valence-corrected chi connectivity index (χ3v) is 12.0. The highest BCUT2D eigenvalue weighted by molar-refractivity contribution is 7.78. The zero-order valence-electron chi connectivity index (χ0n) is 24.0. The third-order valence-electron chi connectivity index (χ3n) is 6.38. The molecule has 0 aromatic carbocycles. The van der Waals surface area contributed by atoms with Gasteiger partial charge in [0.2, 0.25) is 6.29 Å². The minimum atomic E-state index is -5.85. The average molecular weight is 813 g/mol. The van der Waals surface area contributed by atoms with Gasteiger partial charge in [0, 0.05) is 5.56 Å². The Balaban J connectivity index is 1.42. The fraction of sp³-hybridized carbons (Fsp3) is 0.421. The van der Waals surface area contributed by atoms with Gasteiger partial charge in [-0.05, 0) is 5.38 Å². The SMILES string of the molecule is COC(=O)c1scc(CS(=O)O)c1NC(=O)C1OC2C(COP(=O)(O)OP(=O)(O)OP(=O)(O)O)OC(n3cnc4c(=S)nc(N)[nH]c43)C2O1. The minimum absolute atomic E-state index is 0.00128. The summed E-state index contributed by atoms with van der Waals surface area (Å²) in [6.45, 7) is -0.991. The molecule has 1 amide bonds. The van der Waals surface area contributed by atoms with Gasteiger partial charge < -0.3 is 59.1 Å². The second-order valence-electron chi connectivity index (χ2n) is 9.67. The molecule has 2 saturated heterocycles. The molecule has 2 aliphatic heterocycles. The first-order chi connectivity index (χ1) is 22.8. The number of hydrogen-bond donors (Lipinski definition) is 8. The molecular weight excluding hydrogens is 789 g/mol. The Kier molecular flexibility index (Phi) is 11.1. The maximum Gasteiger partial charge on any atom is 0.490 e. The van der Waals surface area contributed by atoms with Crippen LogP contribution < -0.4 is 11.1 Å². The summed E-state index contributed by atoms with van der Waals surface area (Å²) in [6.07, 6.45) is -5.87. The monoisotopic (exact) mass is 812 g/mol. The van der Waals surface area contributed by atoms with Crippen molar-refractivity contribution in [1.29, 1.82) is 0 Å². The second kappa shape index (κ2) is 14.3. The number of carbonyl (C=O) groups excluding carboxylic acids is 2. The number of ether oxygens (including phenoxy) is 4. The Morgan fingerprint density at radius 1 is 1.16 bits per heavy atom. The van der Waals surface area contributed by atoms with Gasteiger partial charge in [0.05, 0.1) is 31.5 Å². The first kappa shape index (κ1) is 37.9. The van der Waals surface area contributed by atoms with Crippen molar-refractivity contribution < 1.29 is 83.7 Å². The van der Waals surface area contributed by atoms with Gasteiger partial charge in [-0.1, -0.05) is 12.2 Å². The maximum absolute atomic E-state index is 13.4. The second-order valence-corrected chi connectivity index (χ2v) is 16.3. The first-order valence-corrected chi connectivity index (χ1v) is 19.9. The summed E-state index contributed by atoms with van der Waals surface area (Å²) in [6, 6.07) is 0. The largest absolute Gasteiger partial charge is 0.490 e. The molecule has 5 heterocycles. The molecule has 0 saturated carbocycles. The average Bonchev–Trinajstić information content (AvgIpc) is 3.73. The van der Waals surface area contributed by atoms with Gasteiger partial charge in [-0.2, -0.15) is 8.62 Å². The minimum Gasteiger partial charge on any atom is -0.465 e. The standard InChI is InChI=1S/C19H23N6O18P3S3/c1-37-17(27)12-8(6(3-48-12)4-49(35)36)22-14(26)18-40-10-7(2-38-45(31,32)43-46(33,34)42-44(28,29)30)39-16(11(10)41-18)25-5-21-9-13(25)23-19(20)24-15(9)47/h3,5,7,10-11,16,18H,2,4H2,1H3,(H,22,26)(H,31,32)(H,33,34)(H,35,36)(H2,28,29,30)(H3,20,23,24,47). The number of nitrogen functional groups attached to an aromatic ring is 1. The normalized spacial score (nSPS) is 25.4. The lowest BCUT2D eigenvalue weighted by molar-refractivity contribution is -0.166. The zero-order valence-corrected chi connectivity index (χ0v) is 29.1. The number of fused-ring (bicyclic) bond motifs is 2. The van der Waals surface area contributed by atoms with Gasteiger partial charge in [0.1, 0.15) is 34.4 Å². The number of phosphoric ester groups is 1. The number of nitrogens with zero attached hydrogens (tertiary/aromatic N) is 3. The molecule has 9 N–H and O–H groups in total. The molecule has 270 valence electrons. The number of nitrogens with two attached hydrogens (primary N) is 1. The quantitative estimate of drug-likeness (QED) is 0.0508. The lowest BCUT2D eigenvalue weighted by Crippen LogP contribution is -2.34. The van der Waals surface area contributed by atoms with Crippen LogP contribution in [-0.4, -0.2) is 98.0 Å². The Morgan fingerprint density at radius 2 is 1.86 bits per heavy atom. The van der Waals surface area contributed by atoms with Crippen LogP contribution in [-0.2, 0) is 67.4 Å². The molecule has 0 spiro atoms. The van der Waals surface area contributed by atoms with Crippen LogP contribution in [0, 0.1) is 4.64 Å². The summed E-state index contributed by atoms with van der Waals surface area (Å²) in [7, 11) is -16.0. The number of aromatic amines is 1. The zero-order chi connectivity index (χ0) is 36.1. The summed E-state index contributed by atoms with van der Waals surface area (Å²) in [5.41, 5.74) is 6.08.